The molecule has 1 atom stereocenters. The average molecular weight is 359 g/mol. The average Bonchev–Trinajstić information content (AvgIpc) is 2.75. The molecule has 0 aromatic heterocycles. The molecule has 1 unspecified atom stereocenters. The van der Waals surface area contributed by atoms with E-state index in [1.807, 2.05) is 0 Å². The summed E-state index contributed by atoms with van der Waals surface area (Å²) in [5.74, 6) is 2.60. The molecular weight excluding hydrogens is 324 g/mol. The maximum Gasteiger partial charge on any atom is -0.0162 e. The van der Waals surface area contributed by atoms with Crippen LogP contribution >= 0.6 is 0 Å². The number of allylic oxidation sites excluding steroid dienone is 2. The highest BCUT2D eigenvalue weighted by molar-refractivity contribution is 5.71. The SMILES string of the molecule is CCC1CC=C(c2ccc(-c3ccc([C@H]4CC[C@H](C)CC4)cc3)cc2)CC1. The van der Waals surface area contributed by atoms with Gasteiger partial charge in [0, 0.05) is 0 Å². The second-order valence-corrected chi connectivity index (χ2v) is 8.93. The largest absolute Gasteiger partial charge is 0.0804 e. The van der Waals surface area contributed by atoms with Gasteiger partial charge in [-0.2, -0.15) is 0 Å². The zero-order valence-electron chi connectivity index (χ0n) is 17.1. The number of hydrogen-bond donors (Lipinski definition) is 0. The Morgan fingerprint density at radius 1 is 0.741 bits per heavy atom. The molecule has 4 rings (SSSR count). The van der Waals surface area contributed by atoms with Crippen molar-refractivity contribution in [3.63, 3.8) is 0 Å². The Hall–Kier alpha value is -1.82. The topological polar surface area (TPSA) is 0 Å². The van der Waals surface area contributed by atoms with Crippen LogP contribution < -0.4 is 0 Å². The van der Waals surface area contributed by atoms with E-state index >= 15 is 0 Å². The maximum atomic E-state index is 2.48. The van der Waals surface area contributed by atoms with Crippen molar-refractivity contribution < 1.29 is 0 Å². The molecule has 0 heterocycles. The summed E-state index contributed by atoms with van der Waals surface area (Å²) in [7, 11) is 0. The molecule has 0 N–H and O–H groups in total. The van der Waals surface area contributed by atoms with E-state index in [1.165, 1.54) is 68.1 Å². The standard InChI is InChI=1S/C27H34/c1-3-21-6-10-23(11-7-21)25-14-18-27(19-15-25)26-16-12-24(13-17-26)22-8-4-20(2)5-9-22/h10,12-22H,3-9,11H2,1-2H3/t20-,21?,22-. The quantitative estimate of drug-likeness (QED) is 0.516. The van der Waals surface area contributed by atoms with Gasteiger partial charge in [0.25, 0.3) is 0 Å². The van der Waals surface area contributed by atoms with Gasteiger partial charge in [-0.1, -0.05) is 87.7 Å². The van der Waals surface area contributed by atoms with Crippen molar-refractivity contribution in [1.82, 2.24) is 0 Å². The molecule has 0 amide bonds. The van der Waals surface area contributed by atoms with Crippen LogP contribution in [0.2, 0.25) is 0 Å². The van der Waals surface area contributed by atoms with Crippen molar-refractivity contribution >= 4 is 5.57 Å². The Morgan fingerprint density at radius 3 is 1.89 bits per heavy atom. The molecule has 0 radical (unpaired) electrons. The highest BCUT2D eigenvalue weighted by Gasteiger charge is 2.19. The summed E-state index contributed by atoms with van der Waals surface area (Å²) < 4.78 is 0. The minimum Gasteiger partial charge on any atom is -0.0804 e. The fraction of sp³-hybridized carbons (Fsp3) is 0.481. The van der Waals surface area contributed by atoms with Crippen molar-refractivity contribution in [1.29, 1.82) is 0 Å². The smallest absolute Gasteiger partial charge is 0.0162 e. The van der Waals surface area contributed by atoms with Gasteiger partial charge in [0.15, 0.2) is 0 Å². The molecule has 2 aromatic rings. The van der Waals surface area contributed by atoms with Gasteiger partial charge in [-0.25, -0.2) is 0 Å². The Bertz CT molecular complexity index is 755. The third kappa shape index (κ3) is 4.37. The van der Waals surface area contributed by atoms with Gasteiger partial charge in [-0.3, -0.25) is 0 Å². The van der Waals surface area contributed by atoms with Crippen molar-refractivity contribution in [3.05, 3.63) is 65.7 Å². The van der Waals surface area contributed by atoms with Crippen LogP contribution in [-0.2, 0) is 0 Å². The molecular formula is C27H34. The molecule has 0 saturated heterocycles. The summed E-state index contributed by atoms with van der Waals surface area (Å²) in [6, 6.07) is 18.7. The van der Waals surface area contributed by atoms with Crippen molar-refractivity contribution in [2.24, 2.45) is 11.8 Å². The lowest BCUT2D eigenvalue weighted by Gasteiger charge is -2.26. The zero-order valence-corrected chi connectivity index (χ0v) is 17.1. The van der Waals surface area contributed by atoms with Gasteiger partial charge >= 0.3 is 0 Å². The van der Waals surface area contributed by atoms with Crippen LogP contribution in [0.3, 0.4) is 0 Å². The third-order valence-corrected chi connectivity index (χ3v) is 7.08. The number of hydrogen-bond acceptors (Lipinski definition) is 0. The highest BCUT2D eigenvalue weighted by atomic mass is 14.2. The zero-order chi connectivity index (χ0) is 18.6. The van der Waals surface area contributed by atoms with Crippen LogP contribution in [0.5, 0.6) is 0 Å². The van der Waals surface area contributed by atoms with Crippen molar-refractivity contribution in [3.8, 4) is 11.1 Å². The summed E-state index contributed by atoms with van der Waals surface area (Å²) in [4.78, 5) is 0. The predicted molar refractivity (Wildman–Crippen MR) is 118 cm³/mol. The maximum absolute atomic E-state index is 2.48. The first-order valence-corrected chi connectivity index (χ1v) is 11.1. The second kappa shape index (κ2) is 8.46. The fourth-order valence-electron chi connectivity index (χ4n) is 4.94. The van der Waals surface area contributed by atoms with Crippen LogP contribution in [-0.4, -0.2) is 0 Å². The number of rotatable bonds is 4. The summed E-state index contributed by atoms with van der Waals surface area (Å²) in [6.45, 7) is 4.72. The van der Waals surface area contributed by atoms with E-state index in [9.17, 15) is 0 Å². The first-order valence-electron chi connectivity index (χ1n) is 11.1. The van der Waals surface area contributed by atoms with E-state index in [0.717, 1.165) is 17.8 Å². The Kier molecular flexibility index (Phi) is 5.81. The van der Waals surface area contributed by atoms with Crippen LogP contribution in [0.25, 0.3) is 16.7 Å². The minimum atomic E-state index is 0.780. The van der Waals surface area contributed by atoms with Gasteiger partial charge in [0.1, 0.15) is 0 Å². The van der Waals surface area contributed by atoms with E-state index < -0.39 is 0 Å². The van der Waals surface area contributed by atoms with Crippen LogP contribution in [0.4, 0.5) is 0 Å². The van der Waals surface area contributed by atoms with E-state index in [2.05, 4.69) is 68.5 Å². The Balaban J connectivity index is 1.44. The van der Waals surface area contributed by atoms with E-state index in [-0.39, 0.29) is 0 Å². The molecule has 2 aliphatic rings. The lowest BCUT2D eigenvalue weighted by Crippen LogP contribution is -2.10. The van der Waals surface area contributed by atoms with Gasteiger partial charge in [-0.05, 0) is 77.7 Å². The highest BCUT2D eigenvalue weighted by Crippen LogP contribution is 2.36. The minimum absolute atomic E-state index is 0.780. The van der Waals surface area contributed by atoms with Crippen LogP contribution in [0.15, 0.2) is 54.6 Å². The van der Waals surface area contributed by atoms with Crippen molar-refractivity contribution in [2.75, 3.05) is 0 Å². The first kappa shape index (κ1) is 18.5. The van der Waals surface area contributed by atoms with E-state index in [1.54, 1.807) is 11.1 Å². The van der Waals surface area contributed by atoms with Gasteiger partial charge in [0.2, 0.25) is 0 Å². The molecule has 0 heteroatoms. The first-order chi connectivity index (χ1) is 13.2. The second-order valence-electron chi connectivity index (χ2n) is 8.93. The Labute approximate surface area is 165 Å². The summed E-state index contributed by atoms with van der Waals surface area (Å²) >= 11 is 0. The van der Waals surface area contributed by atoms with E-state index in [4.69, 9.17) is 0 Å². The summed E-state index contributed by atoms with van der Waals surface area (Å²) in [5, 5.41) is 0. The van der Waals surface area contributed by atoms with Gasteiger partial charge in [0.05, 0.1) is 0 Å². The summed E-state index contributed by atoms with van der Waals surface area (Å²) in [6.07, 6.45) is 13.2. The molecule has 0 aliphatic heterocycles. The molecule has 0 bridgehead atoms. The molecule has 1 fully saturated rings. The molecule has 1 saturated carbocycles. The van der Waals surface area contributed by atoms with Gasteiger partial charge < -0.3 is 0 Å². The molecule has 142 valence electrons. The monoisotopic (exact) mass is 358 g/mol. The fourth-order valence-corrected chi connectivity index (χ4v) is 4.94. The normalized spacial score (nSPS) is 25.9. The molecule has 27 heavy (non-hydrogen) atoms. The number of benzene rings is 2. The molecule has 0 spiro atoms. The molecule has 0 nitrogen and oxygen atoms in total. The van der Waals surface area contributed by atoms with Gasteiger partial charge in [-0.15, -0.1) is 0 Å². The van der Waals surface area contributed by atoms with Crippen molar-refractivity contribution in [2.45, 2.75) is 71.1 Å². The Morgan fingerprint density at radius 2 is 1.33 bits per heavy atom. The third-order valence-electron chi connectivity index (χ3n) is 7.08. The lowest BCUT2D eigenvalue weighted by molar-refractivity contribution is 0.348. The predicted octanol–water partition coefficient (Wildman–Crippen LogP) is 8.24. The van der Waals surface area contributed by atoms with E-state index in [0.29, 0.717) is 0 Å². The lowest BCUT2D eigenvalue weighted by atomic mass is 9.79. The summed E-state index contributed by atoms with van der Waals surface area (Å²) in [5.41, 5.74) is 7.19. The van der Waals surface area contributed by atoms with Crippen LogP contribution in [0.1, 0.15) is 82.3 Å². The van der Waals surface area contributed by atoms with Crippen LogP contribution in [0, 0.1) is 11.8 Å². The molecule has 2 aliphatic carbocycles. The molecule has 2 aromatic carbocycles.